The van der Waals surface area contributed by atoms with Crippen LogP contribution in [0.3, 0.4) is 0 Å². The first-order chi connectivity index (χ1) is 9.54. The van der Waals surface area contributed by atoms with Crippen LogP contribution < -0.4 is 5.43 Å². The third kappa shape index (κ3) is 5.22. The predicted molar refractivity (Wildman–Crippen MR) is 77.2 cm³/mol. The maximum absolute atomic E-state index is 11.7. The van der Waals surface area contributed by atoms with Crippen LogP contribution in [0.5, 0.6) is 0 Å². The van der Waals surface area contributed by atoms with E-state index in [0.29, 0.717) is 12.3 Å². The van der Waals surface area contributed by atoms with Crippen LogP contribution in [0.4, 0.5) is 0 Å². The predicted octanol–water partition coefficient (Wildman–Crippen LogP) is 1.92. The zero-order valence-electron chi connectivity index (χ0n) is 12.1. The monoisotopic (exact) mass is 276 g/mol. The van der Waals surface area contributed by atoms with E-state index in [9.17, 15) is 9.59 Å². The molecule has 0 spiro atoms. The number of rotatable bonds is 6. The number of carbonyl (C=O) groups is 2. The minimum Gasteiger partial charge on any atom is -0.465 e. The topological polar surface area (TPSA) is 67.8 Å². The standard InChI is InChI=1S/C15H20N2O3/c1-4-20-15(19)11(2)12(3)16-17-14(18)10-13-8-6-5-7-9-13/h5-9,11H,4,10H2,1-3H3,(H,17,18)/b16-12-/t11-/m1/s1. The summed E-state index contributed by atoms with van der Waals surface area (Å²) < 4.78 is 4.89. The van der Waals surface area contributed by atoms with E-state index >= 15 is 0 Å². The number of hydrogen-bond acceptors (Lipinski definition) is 4. The number of carbonyl (C=O) groups excluding carboxylic acids is 2. The normalized spacial score (nSPS) is 12.7. The van der Waals surface area contributed by atoms with Crippen molar-refractivity contribution in [2.45, 2.75) is 27.2 Å². The number of nitrogens with one attached hydrogen (secondary N) is 1. The Balaban J connectivity index is 2.50. The van der Waals surface area contributed by atoms with E-state index in [4.69, 9.17) is 4.74 Å². The van der Waals surface area contributed by atoms with Crippen molar-refractivity contribution in [1.29, 1.82) is 0 Å². The summed E-state index contributed by atoms with van der Waals surface area (Å²) in [5.74, 6) is -1.02. The van der Waals surface area contributed by atoms with Gasteiger partial charge in [0.25, 0.3) is 0 Å². The molecule has 0 aromatic heterocycles. The van der Waals surface area contributed by atoms with Gasteiger partial charge >= 0.3 is 5.97 Å². The third-order valence-corrected chi connectivity index (χ3v) is 2.83. The lowest BCUT2D eigenvalue weighted by atomic mass is 10.1. The summed E-state index contributed by atoms with van der Waals surface area (Å²) in [7, 11) is 0. The summed E-state index contributed by atoms with van der Waals surface area (Å²) in [6.45, 7) is 5.46. The zero-order chi connectivity index (χ0) is 15.0. The fraction of sp³-hybridized carbons (Fsp3) is 0.400. The van der Waals surface area contributed by atoms with E-state index in [-0.39, 0.29) is 18.3 Å². The van der Waals surface area contributed by atoms with Gasteiger partial charge in [-0.25, -0.2) is 5.43 Å². The van der Waals surface area contributed by atoms with Crippen LogP contribution in [-0.2, 0) is 20.7 Å². The number of esters is 1. The fourth-order valence-corrected chi connectivity index (χ4v) is 1.51. The minimum atomic E-state index is -0.466. The van der Waals surface area contributed by atoms with Crippen molar-refractivity contribution in [2.75, 3.05) is 6.61 Å². The van der Waals surface area contributed by atoms with E-state index in [0.717, 1.165) is 5.56 Å². The van der Waals surface area contributed by atoms with Gasteiger partial charge in [-0.1, -0.05) is 30.3 Å². The molecule has 1 amide bonds. The highest BCUT2D eigenvalue weighted by Crippen LogP contribution is 2.02. The van der Waals surface area contributed by atoms with Gasteiger partial charge in [0.2, 0.25) is 5.91 Å². The SMILES string of the molecule is CCOC(=O)[C@H](C)/C(C)=N\NC(=O)Cc1ccccc1. The van der Waals surface area contributed by atoms with Crippen molar-refractivity contribution in [3.63, 3.8) is 0 Å². The van der Waals surface area contributed by atoms with Crippen molar-refractivity contribution in [3.05, 3.63) is 35.9 Å². The molecule has 1 aromatic carbocycles. The van der Waals surface area contributed by atoms with Crippen LogP contribution in [0.25, 0.3) is 0 Å². The van der Waals surface area contributed by atoms with E-state index in [2.05, 4.69) is 10.5 Å². The van der Waals surface area contributed by atoms with E-state index < -0.39 is 5.92 Å². The smallest absolute Gasteiger partial charge is 0.314 e. The molecule has 0 aliphatic carbocycles. The lowest BCUT2D eigenvalue weighted by Crippen LogP contribution is -2.26. The van der Waals surface area contributed by atoms with Gasteiger partial charge in [0, 0.05) is 5.71 Å². The number of ether oxygens (including phenoxy) is 1. The second kappa shape index (κ2) is 8.09. The largest absolute Gasteiger partial charge is 0.465 e. The quantitative estimate of drug-likeness (QED) is 0.490. The summed E-state index contributed by atoms with van der Waals surface area (Å²) in [6, 6.07) is 9.39. The molecule has 5 nitrogen and oxygen atoms in total. The maximum Gasteiger partial charge on any atom is 0.314 e. The number of hydrazone groups is 1. The molecular formula is C15H20N2O3. The highest BCUT2D eigenvalue weighted by atomic mass is 16.5. The van der Waals surface area contributed by atoms with Gasteiger partial charge in [0.1, 0.15) is 0 Å². The van der Waals surface area contributed by atoms with Crippen molar-refractivity contribution < 1.29 is 14.3 Å². The summed E-state index contributed by atoms with van der Waals surface area (Å²) >= 11 is 0. The molecule has 108 valence electrons. The average Bonchev–Trinajstić information content (AvgIpc) is 2.45. The molecule has 0 saturated heterocycles. The fourth-order valence-electron chi connectivity index (χ4n) is 1.51. The first kappa shape index (κ1) is 15.9. The van der Waals surface area contributed by atoms with Gasteiger partial charge in [0.05, 0.1) is 18.9 Å². The second-order valence-corrected chi connectivity index (χ2v) is 4.42. The number of hydrogen-bond donors (Lipinski definition) is 1. The molecule has 0 aliphatic heterocycles. The summed E-state index contributed by atoms with van der Waals surface area (Å²) in [6.07, 6.45) is 0.255. The molecule has 1 aromatic rings. The Hall–Kier alpha value is -2.17. The summed E-state index contributed by atoms with van der Waals surface area (Å²) in [5, 5.41) is 3.94. The van der Waals surface area contributed by atoms with Gasteiger partial charge < -0.3 is 4.74 Å². The van der Waals surface area contributed by atoms with Gasteiger partial charge in [-0.3, -0.25) is 9.59 Å². The number of nitrogens with zero attached hydrogens (tertiary/aromatic N) is 1. The summed E-state index contributed by atoms with van der Waals surface area (Å²) in [5.41, 5.74) is 3.88. The molecule has 20 heavy (non-hydrogen) atoms. The molecule has 1 N–H and O–H groups in total. The number of amides is 1. The first-order valence-corrected chi connectivity index (χ1v) is 6.58. The molecule has 0 fully saturated rings. The van der Waals surface area contributed by atoms with E-state index in [1.807, 2.05) is 30.3 Å². The van der Waals surface area contributed by atoms with Gasteiger partial charge in [-0.2, -0.15) is 5.10 Å². The Kier molecular flexibility index (Phi) is 6.43. The van der Waals surface area contributed by atoms with Crippen LogP contribution in [-0.4, -0.2) is 24.2 Å². The van der Waals surface area contributed by atoms with E-state index in [1.165, 1.54) is 0 Å². The second-order valence-electron chi connectivity index (χ2n) is 4.42. The van der Waals surface area contributed by atoms with Gasteiger partial charge in [0.15, 0.2) is 0 Å². The van der Waals surface area contributed by atoms with Gasteiger partial charge in [-0.15, -0.1) is 0 Å². The molecule has 0 unspecified atom stereocenters. The number of benzene rings is 1. The highest BCUT2D eigenvalue weighted by Gasteiger charge is 2.17. The van der Waals surface area contributed by atoms with Crippen molar-refractivity contribution >= 4 is 17.6 Å². The minimum absolute atomic E-state index is 0.216. The maximum atomic E-state index is 11.7. The molecule has 0 aliphatic rings. The Bertz CT molecular complexity index is 483. The molecule has 0 radical (unpaired) electrons. The van der Waals surface area contributed by atoms with Crippen LogP contribution in [0.1, 0.15) is 26.3 Å². The molecule has 0 saturated carbocycles. The lowest BCUT2D eigenvalue weighted by molar-refractivity contribution is -0.145. The van der Waals surface area contributed by atoms with Crippen LogP contribution in [0, 0.1) is 5.92 Å². The molecule has 0 heterocycles. The molecule has 0 bridgehead atoms. The van der Waals surface area contributed by atoms with Crippen molar-refractivity contribution in [3.8, 4) is 0 Å². The van der Waals surface area contributed by atoms with Gasteiger partial charge in [-0.05, 0) is 26.3 Å². The molecule has 1 rings (SSSR count). The van der Waals surface area contributed by atoms with Crippen LogP contribution >= 0.6 is 0 Å². The molecule has 1 atom stereocenters. The van der Waals surface area contributed by atoms with Crippen molar-refractivity contribution in [1.82, 2.24) is 5.43 Å². The molecular weight excluding hydrogens is 256 g/mol. The Morgan fingerprint density at radius 2 is 1.95 bits per heavy atom. The zero-order valence-corrected chi connectivity index (χ0v) is 12.1. The Morgan fingerprint density at radius 1 is 1.30 bits per heavy atom. The lowest BCUT2D eigenvalue weighted by Gasteiger charge is -2.10. The first-order valence-electron chi connectivity index (χ1n) is 6.58. The average molecular weight is 276 g/mol. The Morgan fingerprint density at radius 3 is 2.55 bits per heavy atom. The van der Waals surface area contributed by atoms with Crippen LogP contribution in [0.15, 0.2) is 35.4 Å². The molecule has 5 heteroatoms. The summed E-state index contributed by atoms with van der Waals surface area (Å²) in [4.78, 5) is 23.2. The van der Waals surface area contributed by atoms with E-state index in [1.54, 1.807) is 20.8 Å². The Labute approximate surface area is 119 Å². The van der Waals surface area contributed by atoms with Crippen molar-refractivity contribution in [2.24, 2.45) is 11.0 Å². The van der Waals surface area contributed by atoms with Crippen LogP contribution in [0.2, 0.25) is 0 Å². The third-order valence-electron chi connectivity index (χ3n) is 2.83. The highest BCUT2D eigenvalue weighted by molar-refractivity contribution is 6.00.